The molecule has 0 aliphatic heterocycles. The van der Waals surface area contributed by atoms with Crippen LogP contribution in [0.3, 0.4) is 0 Å². The normalized spacial score (nSPS) is 12.3. The van der Waals surface area contributed by atoms with Gasteiger partial charge in [0.25, 0.3) is 0 Å². The van der Waals surface area contributed by atoms with Crippen LogP contribution < -0.4 is 14.8 Å². The van der Waals surface area contributed by atoms with E-state index in [1.807, 2.05) is 0 Å². The Morgan fingerprint density at radius 1 is 0.950 bits per heavy atom. The van der Waals surface area contributed by atoms with Crippen molar-refractivity contribution in [3.8, 4) is 11.5 Å². The maximum absolute atomic E-state index is 12.1. The minimum atomic E-state index is -4.87. The first-order valence-corrected chi connectivity index (χ1v) is 5.42. The van der Waals surface area contributed by atoms with Crippen LogP contribution in [0.5, 0.6) is 11.5 Å². The number of para-hydroxylation sites is 2. The van der Waals surface area contributed by atoms with E-state index in [2.05, 4.69) is 10.1 Å². The smallest absolute Gasteiger partial charge is 0.488 e. The van der Waals surface area contributed by atoms with E-state index in [9.17, 15) is 26.3 Å². The molecule has 0 saturated heterocycles. The van der Waals surface area contributed by atoms with E-state index in [1.165, 1.54) is 18.2 Å². The number of rotatable bonds is 6. The first kappa shape index (κ1) is 16.4. The van der Waals surface area contributed by atoms with E-state index >= 15 is 0 Å². The number of hydrogen-bond acceptors (Lipinski definition) is 3. The molecule has 0 heterocycles. The van der Waals surface area contributed by atoms with Gasteiger partial charge < -0.3 is 14.8 Å². The lowest BCUT2D eigenvalue weighted by Gasteiger charge is -2.14. The van der Waals surface area contributed by atoms with Gasteiger partial charge >= 0.3 is 12.5 Å². The van der Waals surface area contributed by atoms with E-state index in [-0.39, 0.29) is 18.9 Å². The standard InChI is InChI=1S/C11H11F6NO2/c12-10(13,14)7-18-5-6-19-8-3-1-2-4-9(8)20-11(15,16)17/h1-4,18H,5-7H2. The summed E-state index contributed by atoms with van der Waals surface area (Å²) in [6.07, 6.45) is -9.22. The third-order valence-corrected chi connectivity index (χ3v) is 1.94. The molecule has 20 heavy (non-hydrogen) atoms. The summed E-state index contributed by atoms with van der Waals surface area (Å²) in [7, 11) is 0. The fourth-order valence-electron chi connectivity index (χ4n) is 1.24. The molecule has 0 aromatic heterocycles. The molecule has 0 aliphatic rings. The lowest BCUT2D eigenvalue weighted by atomic mass is 10.3. The highest BCUT2D eigenvalue weighted by Gasteiger charge is 2.32. The summed E-state index contributed by atoms with van der Waals surface area (Å²) < 4.78 is 80.3. The molecule has 0 unspecified atom stereocenters. The van der Waals surface area contributed by atoms with Crippen molar-refractivity contribution in [2.24, 2.45) is 0 Å². The van der Waals surface area contributed by atoms with E-state index in [0.29, 0.717) is 0 Å². The summed E-state index contributed by atoms with van der Waals surface area (Å²) in [5.41, 5.74) is 0. The Hall–Kier alpha value is -1.64. The van der Waals surface area contributed by atoms with Crippen LogP contribution in [-0.4, -0.2) is 32.2 Å². The Morgan fingerprint density at radius 2 is 1.55 bits per heavy atom. The van der Waals surface area contributed by atoms with Crippen molar-refractivity contribution in [1.82, 2.24) is 5.32 Å². The van der Waals surface area contributed by atoms with E-state index in [4.69, 9.17) is 4.74 Å². The summed E-state index contributed by atoms with van der Waals surface area (Å²) in [6, 6.07) is 5.01. The zero-order valence-corrected chi connectivity index (χ0v) is 10.0. The molecule has 1 N–H and O–H groups in total. The van der Waals surface area contributed by atoms with Crippen molar-refractivity contribution < 1.29 is 35.8 Å². The molecule has 114 valence electrons. The van der Waals surface area contributed by atoms with Crippen molar-refractivity contribution in [3.05, 3.63) is 24.3 Å². The number of halogens is 6. The van der Waals surface area contributed by atoms with Crippen LogP contribution in [0.4, 0.5) is 26.3 Å². The van der Waals surface area contributed by atoms with E-state index < -0.39 is 24.8 Å². The van der Waals surface area contributed by atoms with Crippen LogP contribution >= 0.6 is 0 Å². The molecule has 9 heteroatoms. The maximum Gasteiger partial charge on any atom is 0.573 e. The van der Waals surface area contributed by atoms with Crippen molar-refractivity contribution in [3.63, 3.8) is 0 Å². The van der Waals surface area contributed by atoms with Crippen LogP contribution in [-0.2, 0) is 0 Å². The number of benzene rings is 1. The van der Waals surface area contributed by atoms with Gasteiger partial charge in [0.15, 0.2) is 11.5 Å². The largest absolute Gasteiger partial charge is 0.573 e. The molecule has 0 amide bonds. The van der Waals surface area contributed by atoms with Gasteiger partial charge in [-0.05, 0) is 12.1 Å². The zero-order chi connectivity index (χ0) is 15.2. The fraction of sp³-hybridized carbons (Fsp3) is 0.455. The van der Waals surface area contributed by atoms with Crippen molar-refractivity contribution in [2.75, 3.05) is 19.7 Å². The molecular weight excluding hydrogens is 292 g/mol. The molecule has 0 spiro atoms. The van der Waals surface area contributed by atoms with Gasteiger partial charge in [-0.3, -0.25) is 0 Å². The molecular formula is C11H11F6NO2. The average molecular weight is 303 g/mol. The van der Waals surface area contributed by atoms with Gasteiger partial charge in [-0.25, -0.2) is 0 Å². The van der Waals surface area contributed by atoms with Crippen molar-refractivity contribution in [2.45, 2.75) is 12.5 Å². The van der Waals surface area contributed by atoms with Gasteiger partial charge in [-0.2, -0.15) is 13.2 Å². The maximum atomic E-state index is 12.1. The summed E-state index contributed by atoms with van der Waals surface area (Å²) in [5, 5.41) is 2.05. The van der Waals surface area contributed by atoms with Gasteiger partial charge in [0.05, 0.1) is 6.54 Å². The summed E-state index contributed by atoms with van der Waals surface area (Å²) >= 11 is 0. The van der Waals surface area contributed by atoms with Crippen LogP contribution in [0.25, 0.3) is 0 Å². The highest BCUT2D eigenvalue weighted by Crippen LogP contribution is 2.31. The molecule has 0 bridgehead atoms. The summed E-state index contributed by atoms with van der Waals surface area (Å²) in [4.78, 5) is 0. The van der Waals surface area contributed by atoms with E-state index in [0.717, 1.165) is 6.07 Å². The van der Waals surface area contributed by atoms with Gasteiger partial charge in [0.2, 0.25) is 0 Å². The van der Waals surface area contributed by atoms with Gasteiger partial charge in [0, 0.05) is 6.54 Å². The number of hydrogen-bond donors (Lipinski definition) is 1. The highest BCUT2D eigenvalue weighted by molar-refractivity contribution is 5.39. The molecule has 0 atom stereocenters. The molecule has 1 aromatic carbocycles. The summed E-state index contributed by atoms with van der Waals surface area (Å²) in [5.74, 6) is -0.741. The Bertz CT molecular complexity index is 418. The summed E-state index contributed by atoms with van der Waals surface area (Å²) in [6.45, 7) is -1.59. The first-order valence-electron chi connectivity index (χ1n) is 5.42. The molecule has 1 rings (SSSR count). The third-order valence-electron chi connectivity index (χ3n) is 1.94. The second kappa shape index (κ2) is 6.69. The monoisotopic (exact) mass is 303 g/mol. The van der Waals surface area contributed by atoms with Crippen molar-refractivity contribution in [1.29, 1.82) is 0 Å². The highest BCUT2D eigenvalue weighted by atomic mass is 19.4. The Morgan fingerprint density at radius 3 is 2.10 bits per heavy atom. The minimum Gasteiger partial charge on any atom is -0.488 e. The Labute approximate surface area is 110 Å². The topological polar surface area (TPSA) is 30.5 Å². The van der Waals surface area contributed by atoms with E-state index in [1.54, 1.807) is 0 Å². The van der Waals surface area contributed by atoms with Crippen LogP contribution in [0.15, 0.2) is 24.3 Å². The lowest BCUT2D eigenvalue weighted by molar-refractivity contribution is -0.275. The molecule has 0 fully saturated rings. The van der Waals surface area contributed by atoms with Crippen LogP contribution in [0.2, 0.25) is 0 Å². The number of alkyl halides is 6. The first-order chi connectivity index (χ1) is 9.17. The molecule has 0 radical (unpaired) electrons. The lowest BCUT2D eigenvalue weighted by Crippen LogP contribution is -2.31. The third kappa shape index (κ3) is 7.07. The number of nitrogens with one attached hydrogen (secondary N) is 1. The van der Waals surface area contributed by atoms with Crippen LogP contribution in [0, 0.1) is 0 Å². The number of ether oxygens (including phenoxy) is 2. The van der Waals surface area contributed by atoms with Crippen LogP contribution in [0.1, 0.15) is 0 Å². The molecule has 0 aliphatic carbocycles. The minimum absolute atomic E-state index is 0.167. The van der Waals surface area contributed by atoms with Crippen molar-refractivity contribution >= 4 is 0 Å². The second-order valence-electron chi connectivity index (χ2n) is 3.63. The molecule has 1 aromatic rings. The second-order valence-corrected chi connectivity index (χ2v) is 3.63. The molecule has 3 nitrogen and oxygen atoms in total. The predicted molar refractivity (Wildman–Crippen MR) is 57.5 cm³/mol. The van der Waals surface area contributed by atoms with Gasteiger partial charge in [0.1, 0.15) is 6.61 Å². The Kier molecular flexibility index (Phi) is 5.49. The average Bonchev–Trinajstić information content (AvgIpc) is 2.27. The van der Waals surface area contributed by atoms with Gasteiger partial charge in [-0.1, -0.05) is 12.1 Å². The van der Waals surface area contributed by atoms with Gasteiger partial charge in [-0.15, -0.1) is 13.2 Å². The fourth-order valence-corrected chi connectivity index (χ4v) is 1.24. The quantitative estimate of drug-likeness (QED) is 0.647. The Balaban J connectivity index is 2.44. The predicted octanol–water partition coefficient (Wildman–Crippen LogP) is 3.12. The SMILES string of the molecule is FC(F)(F)CNCCOc1ccccc1OC(F)(F)F. The zero-order valence-electron chi connectivity index (χ0n) is 10.0. The molecule has 0 saturated carbocycles.